The fraction of sp³-hybridized carbons (Fsp3) is 0.407. The second kappa shape index (κ2) is 11.0. The fourth-order valence-electron chi connectivity index (χ4n) is 5.26. The molecule has 0 unspecified atom stereocenters. The molecule has 0 saturated carbocycles. The van der Waals surface area contributed by atoms with Crippen LogP contribution in [0.15, 0.2) is 45.6 Å². The lowest BCUT2D eigenvalue weighted by molar-refractivity contribution is -0.271. The summed E-state index contributed by atoms with van der Waals surface area (Å²) in [5, 5.41) is 62.3. The van der Waals surface area contributed by atoms with Gasteiger partial charge in [0.25, 0.3) is 0 Å². The second-order valence-electron chi connectivity index (χ2n) is 10.0. The van der Waals surface area contributed by atoms with Crippen LogP contribution in [0, 0.1) is 0 Å². The molecule has 214 valence electrons. The predicted molar refractivity (Wildman–Crippen MR) is 140 cm³/mol. The molecule has 2 aromatic carbocycles. The number of aliphatic carboxylic acids is 1. The maximum atomic E-state index is 13.3. The van der Waals surface area contributed by atoms with Gasteiger partial charge < -0.3 is 49.4 Å². The third-order valence-corrected chi connectivity index (χ3v) is 7.66. The Labute approximate surface area is 232 Å². The van der Waals surface area contributed by atoms with E-state index in [4.69, 9.17) is 25.5 Å². The molecule has 0 bridgehead atoms. The molecule has 13 heteroatoms. The van der Waals surface area contributed by atoms with Crippen molar-refractivity contribution in [2.75, 3.05) is 20.1 Å². The van der Waals surface area contributed by atoms with E-state index in [9.17, 15) is 40.2 Å². The van der Waals surface area contributed by atoms with Crippen LogP contribution in [-0.2, 0) is 9.53 Å². The summed E-state index contributed by atoms with van der Waals surface area (Å²) in [6.45, 7) is 0.808. The van der Waals surface area contributed by atoms with Crippen LogP contribution in [0.4, 0.5) is 0 Å². The Morgan fingerprint density at radius 3 is 2.50 bits per heavy atom. The van der Waals surface area contributed by atoms with Crippen LogP contribution >= 0.6 is 11.6 Å². The average Bonchev–Trinajstić information content (AvgIpc) is 2.89. The number of β-amino-alcohol motifs (C(OH)–C–C–N with tert-alkyl or cyclic N) is 1. The lowest BCUT2D eigenvalue weighted by Crippen LogP contribution is -2.61. The number of carboxylic acid groups (broad SMARTS) is 1. The molecule has 3 heterocycles. The van der Waals surface area contributed by atoms with E-state index in [-0.39, 0.29) is 34.6 Å². The number of nitrogens with zero attached hydrogens (tertiary/aromatic N) is 1. The fourth-order valence-corrected chi connectivity index (χ4v) is 5.48. The smallest absolute Gasteiger partial charge is 0.335 e. The molecule has 2 saturated heterocycles. The number of rotatable bonds is 5. The Hall–Kier alpha value is -3.23. The predicted octanol–water partition coefficient (Wildman–Crippen LogP) is 0.870. The summed E-state index contributed by atoms with van der Waals surface area (Å²) < 4.78 is 17.3. The highest BCUT2D eigenvalue weighted by atomic mass is 35.5. The van der Waals surface area contributed by atoms with Gasteiger partial charge in [-0.05, 0) is 32.1 Å². The van der Waals surface area contributed by atoms with E-state index < -0.39 is 59.9 Å². The van der Waals surface area contributed by atoms with E-state index in [0.29, 0.717) is 23.6 Å². The minimum absolute atomic E-state index is 0.0850. The number of piperidine rings is 1. The molecule has 12 nitrogen and oxygen atoms in total. The maximum Gasteiger partial charge on any atom is 0.335 e. The topological polar surface area (TPSA) is 190 Å². The Balaban J connectivity index is 1.71. The second-order valence-corrected chi connectivity index (χ2v) is 10.5. The van der Waals surface area contributed by atoms with Gasteiger partial charge in [0.1, 0.15) is 46.5 Å². The summed E-state index contributed by atoms with van der Waals surface area (Å²) in [7, 11) is 1.83. The third-order valence-electron chi connectivity index (χ3n) is 7.33. The van der Waals surface area contributed by atoms with Gasteiger partial charge >= 0.3 is 5.97 Å². The SMILES string of the molecule is CN1CC[C@H](c2c(O[C@@H]3O[C@H](C(=O)O)[C@@H](O)[C@H](O)[C@H]3O)cc(O)c3c(=O)cc(-c4ccccc4Cl)oc23)[C@H](O)C1. The van der Waals surface area contributed by atoms with Crippen LogP contribution in [0.2, 0.25) is 5.02 Å². The van der Waals surface area contributed by atoms with Crippen LogP contribution in [0.1, 0.15) is 17.9 Å². The zero-order valence-corrected chi connectivity index (χ0v) is 21.9. The van der Waals surface area contributed by atoms with Crippen LogP contribution in [0.25, 0.3) is 22.3 Å². The molecule has 0 amide bonds. The molecule has 40 heavy (non-hydrogen) atoms. The minimum atomic E-state index is -1.94. The van der Waals surface area contributed by atoms with Crippen molar-refractivity contribution in [3.8, 4) is 22.8 Å². The number of ether oxygens (including phenoxy) is 2. The van der Waals surface area contributed by atoms with Gasteiger partial charge in [0, 0.05) is 35.7 Å². The lowest BCUT2D eigenvalue weighted by atomic mass is 9.85. The molecule has 5 rings (SSSR count). The summed E-state index contributed by atoms with van der Waals surface area (Å²) in [5.74, 6) is -2.94. The number of phenols is 1. The molecule has 2 aliphatic heterocycles. The van der Waals surface area contributed by atoms with Crippen molar-refractivity contribution in [3.05, 3.63) is 57.2 Å². The van der Waals surface area contributed by atoms with Crippen LogP contribution in [-0.4, -0.2) is 98.5 Å². The van der Waals surface area contributed by atoms with E-state index >= 15 is 0 Å². The summed E-state index contributed by atoms with van der Waals surface area (Å²) in [6, 6.07) is 8.92. The van der Waals surface area contributed by atoms with E-state index in [1.165, 1.54) is 6.07 Å². The number of carbonyl (C=O) groups is 1. The number of benzene rings is 2. The van der Waals surface area contributed by atoms with Crippen molar-refractivity contribution < 1.29 is 49.3 Å². The van der Waals surface area contributed by atoms with Crippen LogP contribution < -0.4 is 10.2 Å². The molecule has 2 fully saturated rings. The van der Waals surface area contributed by atoms with Gasteiger partial charge in [-0.3, -0.25) is 4.79 Å². The number of hydrogen-bond acceptors (Lipinski definition) is 11. The molecular formula is C27H28ClNO11. The van der Waals surface area contributed by atoms with Crippen LogP contribution in [0.5, 0.6) is 11.5 Å². The molecular weight excluding hydrogens is 550 g/mol. The molecule has 7 atom stereocenters. The number of likely N-dealkylation sites (tertiary alicyclic amines) is 1. The number of phenolic OH excluding ortho intramolecular Hbond substituents is 1. The zero-order valence-electron chi connectivity index (χ0n) is 21.2. The van der Waals surface area contributed by atoms with Gasteiger partial charge in [-0.25, -0.2) is 4.79 Å². The van der Waals surface area contributed by atoms with Gasteiger partial charge in [-0.15, -0.1) is 0 Å². The number of aliphatic hydroxyl groups excluding tert-OH is 4. The van der Waals surface area contributed by atoms with Crippen molar-refractivity contribution in [2.45, 2.75) is 49.1 Å². The van der Waals surface area contributed by atoms with Gasteiger partial charge in [0.05, 0.1) is 11.1 Å². The van der Waals surface area contributed by atoms with Crippen LogP contribution in [0.3, 0.4) is 0 Å². The number of aliphatic hydroxyl groups is 4. The lowest BCUT2D eigenvalue weighted by Gasteiger charge is -2.39. The molecule has 0 aliphatic carbocycles. The molecule has 3 aromatic rings. The van der Waals surface area contributed by atoms with Crippen molar-refractivity contribution in [2.24, 2.45) is 0 Å². The number of fused-ring (bicyclic) bond motifs is 1. The summed E-state index contributed by atoms with van der Waals surface area (Å²) in [4.78, 5) is 26.8. The normalized spacial score (nSPS) is 29.4. The first-order valence-electron chi connectivity index (χ1n) is 12.5. The summed E-state index contributed by atoms with van der Waals surface area (Å²) >= 11 is 6.34. The molecule has 1 aromatic heterocycles. The zero-order chi connectivity index (χ0) is 28.9. The first-order valence-corrected chi connectivity index (χ1v) is 12.9. The number of carboxylic acids is 1. The highest BCUT2D eigenvalue weighted by Crippen LogP contribution is 2.44. The van der Waals surface area contributed by atoms with Crippen molar-refractivity contribution in [3.63, 3.8) is 0 Å². The Morgan fingerprint density at radius 2 is 1.82 bits per heavy atom. The highest BCUT2D eigenvalue weighted by molar-refractivity contribution is 6.33. The van der Waals surface area contributed by atoms with Gasteiger partial charge in [-0.1, -0.05) is 23.7 Å². The summed E-state index contributed by atoms with van der Waals surface area (Å²) in [5.41, 5.74) is -0.131. The Kier molecular flexibility index (Phi) is 7.77. The van der Waals surface area contributed by atoms with Crippen molar-refractivity contribution in [1.29, 1.82) is 0 Å². The van der Waals surface area contributed by atoms with Crippen molar-refractivity contribution >= 4 is 28.5 Å². The molecule has 6 N–H and O–H groups in total. The minimum Gasteiger partial charge on any atom is -0.507 e. The number of hydrogen-bond donors (Lipinski definition) is 6. The number of halogens is 1. The van der Waals surface area contributed by atoms with E-state index in [2.05, 4.69) is 0 Å². The van der Waals surface area contributed by atoms with E-state index in [1.54, 1.807) is 24.3 Å². The highest BCUT2D eigenvalue weighted by Gasteiger charge is 2.48. The third kappa shape index (κ3) is 5.03. The average molecular weight is 578 g/mol. The largest absolute Gasteiger partial charge is 0.507 e. The first-order chi connectivity index (χ1) is 19.0. The number of aromatic hydroxyl groups is 1. The Bertz CT molecular complexity index is 1490. The molecule has 0 radical (unpaired) electrons. The molecule has 2 aliphatic rings. The van der Waals surface area contributed by atoms with Gasteiger partial charge in [0.2, 0.25) is 6.29 Å². The Morgan fingerprint density at radius 1 is 1.10 bits per heavy atom. The van der Waals surface area contributed by atoms with Gasteiger partial charge in [-0.2, -0.15) is 0 Å². The number of likely N-dealkylation sites (N-methyl/N-ethyl adjacent to an activating group) is 1. The van der Waals surface area contributed by atoms with E-state index in [1.807, 2.05) is 11.9 Å². The monoisotopic (exact) mass is 577 g/mol. The standard InChI is InChI=1S/C27H28ClNO11/c1-29-7-6-12(16(32)10-29)19-18(39-27-23(35)21(33)22(34)25(40-27)26(36)37)9-15(31)20-14(30)8-17(38-24(19)20)11-4-2-3-5-13(11)28/h2-5,8-9,12,16,21-23,25,27,31-35H,6-7,10H2,1H3,(H,36,37)/t12-,16+,21-,22-,23+,25-,27+/m0/s1. The van der Waals surface area contributed by atoms with Gasteiger partial charge in [0.15, 0.2) is 11.5 Å². The first kappa shape index (κ1) is 28.3. The molecule has 0 spiro atoms. The summed E-state index contributed by atoms with van der Waals surface area (Å²) in [6.07, 6.45) is -10.1. The van der Waals surface area contributed by atoms with Crippen molar-refractivity contribution in [1.82, 2.24) is 4.90 Å². The van der Waals surface area contributed by atoms with E-state index in [0.717, 1.165) is 6.07 Å². The quantitative estimate of drug-likeness (QED) is 0.251. The maximum absolute atomic E-state index is 13.3.